The zero-order chi connectivity index (χ0) is 13.8. The molecule has 2 rings (SSSR count). The number of piperidine rings is 1. The van der Waals surface area contributed by atoms with E-state index in [1.807, 2.05) is 13.0 Å². The molecule has 0 aromatic carbocycles. The Bertz CT molecular complexity index is 461. The standard InChI is InChI=1S/C14H20N4O/c1-10-3-4-12(9-17-10)14(16)19-13(15)11-5-7-18(2)8-6-11/h3-4,9,11,15-16H,5-8H2,1-2H3. The van der Waals surface area contributed by atoms with Crippen LogP contribution in [0.4, 0.5) is 0 Å². The fourth-order valence-corrected chi connectivity index (χ4v) is 2.13. The molecular weight excluding hydrogens is 240 g/mol. The van der Waals surface area contributed by atoms with Crippen molar-refractivity contribution < 1.29 is 4.74 Å². The predicted octanol–water partition coefficient (Wildman–Crippen LogP) is 2.05. The van der Waals surface area contributed by atoms with Gasteiger partial charge in [-0.15, -0.1) is 0 Å². The van der Waals surface area contributed by atoms with Gasteiger partial charge in [0.05, 0.1) is 5.56 Å². The summed E-state index contributed by atoms with van der Waals surface area (Å²) in [5, 5.41) is 15.8. The van der Waals surface area contributed by atoms with Crippen molar-refractivity contribution in [3.05, 3.63) is 29.6 Å². The molecule has 102 valence electrons. The molecule has 2 N–H and O–H groups in total. The van der Waals surface area contributed by atoms with Crippen LogP contribution in [0, 0.1) is 23.7 Å². The first-order chi connectivity index (χ1) is 9.06. The first-order valence-corrected chi connectivity index (χ1v) is 6.52. The molecule has 19 heavy (non-hydrogen) atoms. The number of hydrogen-bond acceptors (Lipinski definition) is 5. The Morgan fingerprint density at radius 1 is 1.32 bits per heavy atom. The highest BCUT2D eigenvalue weighted by molar-refractivity contribution is 5.99. The van der Waals surface area contributed by atoms with Gasteiger partial charge in [-0.05, 0) is 52.0 Å². The van der Waals surface area contributed by atoms with Crippen molar-refractivity contribution in [3.8, 4) is 0 Å². The maximum atomic E-state index is 7.97. The molecule has 0 spiro atoms. The van der Waals surface area contributed by atoms with E-state index in [1.165, 1.54) is 0 Å². The Kier molecular flexibility index (Phi) is 4.27. The summed E-state index contributed by atoms with van der Waals surface area (Å²) < 4.78 is 5.36. The number of pyridine rings is 1. The maximum Gasteiger partial charge on any atom is 0.222 e. The molecule has 5 heteroatoms. The minimum absolute atomic E-state index is 0.0106. The number of nitrogens with one attached hydrogen (secondary N) is 2. The fourth-order valence-electron chi connectivity index (χ4n) is 2.13. The number of nitrogens with zero attached hydrogens (tertiary/aromatic N) is 2. The third-order valence-corrected chi connectivity index (χ3v) is 3.47. The average molecular weight is 260 g/mol. The van der Waals surface area contributed by atoms with Crippen molar-refractivity contribution in [2.45, 2.75) is 19.8 Å². The van der Waals surface area contributed by atoms with E-state index in [0.717, 1.165) is 31.6 Å². The van der Waals surface area contributed by atoms with Crippen LogP contribution in [0.2, 0.25) is 0 Å². The topological polar surface area (TPSA) is 73.1 Å². The summed E-state index contributed by atoms with van der Waals surface area (Å²) in [5.74, 6) is 0.352. The first kappa shape index (κ1) is 13.7. The molecule has 0 saturated carbocycles. The third-order valence-electron chi connectivity index (χ3n) is 3.47. The van der Waals surface area contributed by atoms with Gasteiger partial charge in [0.2, 0.25) is 5.90 Å². The molecule has 0 unspecified atom stereocenters. The molecule has 1 aromatic heterocycles. The number of ether oxygens (including phenoxy) is 1. The normalized spacial score (nSPS) is 17.2. The zero-order valence-corrected chi connectivity index (χ0v) is 11.4. The SMILES string of the molecule is Cc1ccc(C(=N)OC(=N)C2CCN(C)CC2)cn1. The fraction of sp³-hybridized carbons (Fsp3) is 0.500. The zero-order valence-electron chi connectivity index (χ0n) is 11.4. The van der Waals surface area contributed by atoms with Gasteiger partial charge in [-0.3, -0.25) is 15.8 Å². The van der Waals surface area contributed by atoms with E-state index in [-0.39, 0.29) is 17.7 Å². The van der Waals surface area contributed by atoms with Crippen molar-refractivity contribution in [1.29, 1.82) is 10.8 Å². The molecule has 0 bridgehead atoms. The molecular formula is C14H20N4O. The molecule has 1 aliphatic rings. The summed E-state index contributed by atoms with van der Waals surface area (Å²) in [4.78, 5) is 6.38. The molecule has 0 aliphatic carbocycles. The number of likely N-dealkylation sites (tertiary alicyclic amines) is 1. The van der Waals surface area contributed by atoms with E-state index in [1.54, 1.807) is 12.3 Å². The smallest absolute Gasteiger partial charge is 0.222 e. The lowest BCUT2D eigenvalue weighted by Crippen LogP contribution is -2.34. The van der Waals surface area contributed by atoms with E-state index in [0.29, 0.717) is 5.56 Å². The van der Waals surface area contributed by atoms with Gasteiger partial charge in [0.15, 0.2) is 5.90 Å². The Hall–Kier alpha value is -1.75. The van der Waals surface area contributed by atoms with Crippen LogP contribution in [0.3, 0.4) is 0 Å². The number of hydrogen-bond donors (Lipinski definition) is 2. The first-order valence-electron chi connectivity index (χ1n) is 6.52. The molecule has 1 aliphatic heterocycles. The van der Waals surface area contributed by atoms with E-state index < -0.39 is 0 Å². The van der Waals surface area contributed by atoms with Gasteiger partial charge in [-0.2, -0.15) is 0 Å². The summed E-state index contributed by atoms with van der Waals surface area (Å²) >= 11 is 0. The van der Waals surface area contributed by atoms with Gasteiger partial charge in [0.1, 0.15) is 0 Å². The molecule has 1 fully saturated rings. The second-order valence-electron chi connectivity index (χ2n) is 5.06. The number of aryl methyl sites for hydroxylation is 1. The van der Waals surface area contributed by atoms with Crippen LogP contribution < -0.4 is 0 Å². The quantitative estimate of drug-likeness (QED) is 0.631. The van der Waals surface area contributed by atoms with Gasteiger partial charge >= 0.3 is 0 Å². The van der Waals surface area contributed by atoms with Crippen LogP contribution in [0.15, 0.2) is 18.3 Å². The Morgan fingerprint density at radius 2 is 2.00 bits per heavy atom. The van der Waals surface area contributed by atoms with Crippen molar-refractivity contribution >= 4 is 11.8 Å². The second-order valence-corrected chi connectivity index (χ2v) is 5.06. The van der Waals surface area contributed by atoms with Crippen molar-refractivity contribution in [2.24, 2.45) is 5.92 Å². The largest absolute Gasteiger partial charge is 0.425 e. The molecule has 0 amide bonds. The van der Waals surface area contributed by atoms with Gasteiger partial charge in [0, 0.05) is 17.8 Å². The summed E-state index contributed by atoms with van der Waals surface area (Å²) in [6.07, 6.45) is 3.46. The highest BCUT2D eigenvalue weighted by Crippen LogP contribution is 2.18. The van der Waals surface area contributed by atoms with Gasteiger partial charge in [-0.1, -0.05) is 0 Å². The molecule has 5 nitrogen and oxygen atoms in total. The number of rotatable bonds is 2. The van der Waals surface area contributed by atoms with Crippen LogP contribution in [-0.2, 0) is 4.74 Å². The number of aromatic nitrogens is 1. The van der Waals surface area contributed by atoms with Gasteiger partial charge in [0.25, 0.3) is 0 Å². The minimum atomic E-state index is 0.0106. The summed E-state index contributed by atoms with van der Waals surface area (Å²) in [5.41, 5.74) is 1.52. The van der Waals surface area contributed by atoms with Crippen LogP contribution in [-0.4, -0.2) is 41.8 Å². The highest BCUT2D eigenvalue weighted by Gasteiger charge is 2.23. The monoisotopic (exact) mass is 260 g/mol. The van der Waals surface area contributed by atoms with E-state index in [4.69, 9.17) is 15.6 Å². The van der Waals surface area contributed by atoms with Gasteiger partial charge in [-0.25, -0.2) is 0 Å². The third kappa shape index (κ3) is 3.61. The Labute approximate surface area is 113 Å². The highest BCUT2D eigenvalue weighted by atomic mass is 16.5. The van der Waals surface area contributed by atoms with E-state index in [9.17, 15) is 0 Å². The van der Waals surface area contributed by atoms with Crippen LogP contribution >= 0.6 is 0 Å². The van der Waals surface area contributed by atoms with Crippen molar-refractivity contribution in [1.82, 2.24) is 9.88 Å². The summed E-state index contributed by atoms with van der Waals surface area (Å²) in [6, 6.07) is 3.64. The van der Waals surface area contributed by atoms with Gasteiger partial charge < -0.3 is 9.64 Å². The molecule has 0 atom stereocenters. The van der Waals surface area contributed by atoms with Crippen LogP contribution in [0.5, 0.6) is 0 Å². The summed E-state index contributed by atoms with van der Waals surface area (Å²) in [6.45, 7) is 3.86. The molecule has 0 radical (unpaired) electrons. The lowest BCUT2D eigenvalue weighted by molar-refractivity contribution is 0.240. The maximum absolute atomic E-state index is 7.97. The molecule has 2 heterocycles. The predicted molar refractivity (Wildman–Crippen MR) is 74.8 cm³/mol. The van der Waals surface area contributed by atoms with Crippen LogP contribution in [0.1, 0.15) is 24.1 Å². The van der Waals surface area contributed by atoms with E-state index in [2.05, 4.69) is 16.9 Å². The summed E-state index contributed by atoms with van der Waals surface area (Å²) in [7, 11) is 2.08. The average Bonchev–Trinajstić information content (AvgIpc) is 2.40. The Balaban J connectivity index is 1.91. The molecule has 1 aromatic rings. The Morgan fingerprint density at radius 3 is 2.58 bits per heavy atom. The van der Waals surface area contributed by atoms with Crippen LogP contribution in [0.25, 0.3) is 0 Å². The molecule has 1 saturated heterocycles. The van der Waals surface area contributed by atoms with E-state index >= 15 is 0 Å². The second kappa shape index (κ2) is 5.93. The minimum Gasteiger partial charge on any atom is -0.425 e. The lowest BCUT2D eigenvalue weighted by Gasteiger charge is -2.28. The van der Waals surface area contributed by atoms with Crippen molar-refractivity contribution in [2.75, 3.05) is 20.1 Å². The lowest BCUT2D eigenvalue weighted by atomic mass is 9.97. The van der Waals surface area contributed by atoms with Crippen molar-refractivity contribution in [3.63, 3.8) is 0 Å².